The molecule has 1 saturated heterocycles. The topological polar surface area (TPSA) is 75.7 Å². The van der Waals surface area contributed by atoms with Gasteiger partial charge in [-0.05, 0) is 25.5 Å². The maximum absolute atomic E-state index is 12.0. The highest BCUT2D eigenvalue weighted by molar-refractivity contribution is 5.99. The normalized spacial score (nSPS) is 15.7. The first-order valence-corrected chi connectivity index (χ1v) is 7.02. The maximum Gasteiger partial charge on any atom is 0.331 e. The van der Waals surface area contributed by atoms with Crippen molar-refractivity contribution in [1.29, 1.82) is 0 Å². The summed E-state index contributed by atoms with van der Waals surface area (Å²) in [7, 11) is 0. The number of hydrogen-bond donors (Lipinski definition) is 1. The van der Waals surface area contributed by atoms with E-state index in [4.69, 9.17) is 4.74 Å². The van der Waals surface area contributed by atoms with Crippen LogP contribution in [0.1, 0.15) is 18.1 Å². The number of carbonyl (C=O) groups is 3. The number of carbonyl (C=O) groups excluding carboxylic acids is 3. The summed E-state index contributed by atoms with van der Waals surface area (Å²) in [6.45, 7) is 4.11. The van der Waals surface area contributed by atoms with E-state index in [-0.39, 0.29) is 0 Å². The van der Waals surface area contributed by atoms with Crippen molar-refractivity contribution in [2.45, 2.75) is 20.0 Å². The molecule has 2 rings (SSSR count). The van der Waals surface area contributed by atoms with Crippen LogP contribution in [0, 0.1) is 6.92 Å². The summed E-state index contributed by atoms with van der Waals surface area (Å²) in [5.41, 5.74) is 1.95. The van der Waals surface area contributed by atoms with Gasteiger partial charge in [-0.1, -0.05) is 29.8 Å². The van der Waals surface area contributed by atoms with E-state index in [2.05, 4.69) is 5.32 Å². The van der Waals surface area contributed by atoms with Crippen LogP contribution in [-0.4, -0.2) is 42.0 Å². The molecule has 0 unspecified atom stereocenters. The van der Waals surface area contributed by atoms with Crippen molar-refractivity contribution in [2.75, 3.05) is 13.1 Å². The molecule has 116 valence electrons. The Balaban J connectivity index is 1.91. The first-order valence-electron chi connectivity index (χ1n) is 7.02. The first-order chi connectivity index (χ1) is 10.5. The number of rotatable bonds is 4. The van der Waals surface area contributed by atoms with Gasteiger partial charge in [-0.25, -0.2) is 9.59 Å². The van der Waals surface area contributed by atoms with Crippen LogP contribution in [0.15, 0.2) is 30.3 Å². The molecule has 1 aromatic carbocycles. The fraction of sp³-hybridized carbons (Fsp3) is 0.312. The molecule has 6 nitrogen and oxygen atoms in total. The van der Waals surface area contributed by atoms with Gasteiger partial charge in [-0.2, -0.15) is 0 Å². The molecule has 0 saturated carbocycles. The number of benzene rings is 1. The predicted octanol–water partition coefficient (Wildman–Crippen LogP) is 1.49. The fourth-order valence-electron chi connectivity index (χ4n) is 2.10. The van der Waals surface area contributed by atoms with Crippen LogP contribution >= 0.6 is 0 Å². The van der Waals surface area contributed by atoms with Crippen LogP contribution in [0.4, 0.5) is 4.79 Å². The number of nitrogens with zero attached hydrogens (tertiary/aromatic N) is 1. The Bertz CT molecular complexity index is 624. The highest BCUT2D eigenvalue weighted by Crippen LogP contribution is 2.07. The summed E-state index contributed by atoms with van der Waals surface area (Å²) in [6, 6.07) is 7.17. The fourth-order valence-corrected chi connectivity index (χ4v) is 2.10. The predicted molar refractivity (Wildman–Crippen MR) is 80.9 cm³/mol. The van der Waals surface area contributed by atoms with Gasteiger partial charge in [0.25, 0.3) is 5.91 Å². The molecule has 1 fully saturated rings. The molecule has 1 aliphatic rings. The molecule has 1 aliphatic heterocycles. The number of hydrogen-bond acceptors (Lipinski definition) is 4. The van der Waals surface area contributed by atoms with E-state index in [9.17, 15) is 14.4 Å². The molecule has 3 amide bonds. The number of esters is 1. The number of aryl methyl sites for hydroxylation is 1. The molecule has 1 N–H and O–H groups in total. The largest absolute Gasteiger partial charge is 0.449 e. The summed E-state index contributed by atoms with van der Waals surface area (Å²) in [5.74, 6) is -1.14. The van der Waals surface area contributed by atoms with Crippen molar-refractivity contribution in [3.8, 4) is 0 Å². The minimum atomic E-state index is -1.00. The van der Waals surface area contributed by atoms with Crippen molar-refractivity contribution in [3.63, 3.8) is 0 Å². The van der Waals surface area contributed by atoms with Gasteiger partial charge in [-0.3, -0.25) is 9.69 Å². The van der Waals surface area contributed by atoms with E-state index in [0.717, 1.165) is 16.0 Å². The van der Waals surface area contributed by atoms with Crippen molar-refractivity contribution in [1.82, 2.24) is 10.2 Å². The van der Waals surface area contributed by atoms with E-state index >= 15 is 0 Å². The molecule has 0 radical (unpaired) electrons. The molecule has 1 heterocycles. The standard InChI is InChI=1S/C16H18N2O4/c1-11-4-3-5-13(10-11)6-7-14(19)22-12(2)15(20)18-9-8-17-16(18)21/h3-7,10,12H,8-9H2,1-2H3,(H,17,21)/b7-6+/t12-/m1/s1. The van der Waals surface area contributed by atoms with Crippen molar-refractivity contribution in [2.24, 2.45) is 0 Å². The highest BCUT2D eigenvalue weighted by atomic mass is 16.5. The Morgan fingerprint density at radius 1 is 1.41 bits per heavy atom. The second-order valence-corrected chi connectivity index (χ2v) is 5.05. The lowest BCUT2D eigenvalue weighted by atomic mass is 10.1. The van der Waals surface area contributed by atoms with Gasteiger partial charge in [0.1, 0.15) is 0 Å². The molecule has 0 spiro atoms. The Morgan fingerprint density at radius 2 is 2.18 bits per heavy atom. The number of amides is 3. The Morgan fingerprint density at radius 3 is 2.82 bits per heavy atom. The third-order valence-corrected chi connectivity index (χ3v) is 3.22. The number of urea groups is 1. The van der Waals surface area contributed by atoms with E-state index < -0.39 is 24.0 Å². The second-order valence-electron chi connectivity index (χ2n) is 5.05. The van der Waals surface area contributed by atoms with Gasteiger partial charge in [-0.15, -0.1) is 0 Å². The lowest BCUT2D eigenvalue weighted by Crippen LogP contribution is -2.41. The molecular formula is C16H18N2O4. The Labute approximate surface area is 128 Å². The van der Waals surface area contributed by atoms with Gasteiger partial charge in [0, 0.05) is 19.2 Å². The molecule has 0 aliphatic carbocycles. The summed E-state index contributed by atoms with van der Waals surface area (Å²) in [5, 5.41) is 2.52. The summed E-state index contributed by atoms with van der Waals surface area (Å²) >= 11 is 0. The zero-order chi connectivity index (χ0) is 16.1. The van der Waals surface area contributed by atoms with E-state index in [1.165, 1.54) is 13.0 Å². The van der Waals surface area contributed by atoms with Gasteiger partial charge in [0.15, 0.2) is 6.10 Å². The third-order valence-electron chi connectivity index (χ3n) is 3.22. The summed E-state index contributed by atoms with van der Waals surface area (Å²) < 4.78 is 5.03. The van der Waals surface area contributed by atoms with Crippen LogP contribution in [0.3, 0.4) is 0 Å². The summed E-state index contributed by atoms with van der Waals surface area (Å²) in [6.07, 6.45) is 1.89. The zero-order valence-corrected chi connectivity index (χ0v) is 12.5. The Kier molecular flexibility index (Phi) is 4.93. The highest BCUT2D eigenvalue weighted by Gasteiger charge is 2.31. The minimum Gasteiger partial charge on any atom is -0.449 e. The molecule has 22 heavy (non-hydrogen) atoms. The molecule has 0 aromatic heterocycles. The number of ether oxygens (including phenoxy) is 1. The van der Waals surface area contributed by atoms with E-state index in [0.29, 0.717) is 13.1 Å². The van der Waals surface area contributed by atoms with E-state index in [1.807, 2.05) is 31.2 Å². The first kappa shape index (κ1) is 15.8. The average Bonchev–Trinajstić information content (AvgIpc) is 2.90. The van der Waals surface area contributed by atoms with Gasteiger partial charge in [0.2, 0.25) is 0 Å². The van der Waals surface area contributed by atoms with Gasteiger partial charge in [0.05, 0.1) is 0 Å². The summed E-state index contributed by atoms with van der Waals surface area (Å²) in [4.78, 5) is 36.1. The molecule has 1 aromatic rings. The zero-order valence-electron chi connectivity index (χ0n) is 12.5. The second kappa shape index (κ2) is 6.89. The van der Waals surface area contributed by atoms with Gasteiger partial charge < -0.3 is 10.1 Å². The molecule has 0 bridgehead atoms. The number of nitrogens with one attached hydrogen (secondary N) is 1. The lowest BCUT2D eigenvalue weighted by Gasteiger charge is -2.17. The van der Waals surface area contributed by atoms with Crippen molar-refractivity contribution < 1.29 is 19.1 Å². The Hall–Kier alpha value is -2.63. The van der Waals surface area contributed by atoms with Crippen LogP contribution < -0.4 is 5.32 Å². The number of imide groups is 1. The van der Waals surface area contributed by atoms with Gasteiger partial charge >= 0.3 is 12.0 Å². The molecule has 6 heteroatoms. The SMILES string of the molecule is Cc1cccc(/C=C/C(=O)O[C@H](C)C(=O)N2CCNC2=O)c1. The lowest BCUT2D eigenvalue weighted by molar-refractivity contribution is -0.153. The van der Waals surface area contributed by atoms with Crippen LogP contribution in [-0.2, 0) is 14.3 Å². The maximum atomic E-state index is 12.0. The quantitative estimate of drug-likeness (QED) is 0.675. The monoisotopic (exact) mass is 302 g/mol. The average molecular weight is 302 g/mol. The third kappa shape index (κ3) is 3.94. The van der Waals surface area contributed by atoms with E-state index in [1.54, 1.807) is 6.08 Å². The van der Waals surface area contributed by atoms with Crippen molar-refractivity contribution in [3.05, 3.63) is 41.5 Å². The molecule has 1 atom stereocenters. The molecular weight excluding hydrogens is 284 g/mol. The minimum absolute atomic E-state index is 0.290. The van der Waals surface area contributed by atoms with Crippen molar-refractivity contribution >= 4 is 24.0 Å². The van der Waals surface area contributed by atoms with Crippen LogP contribution in [0.2, 0.25) is 0 Å². The van der Waals surface area contributed by atoms with Crippen LogP contribution in [0.25, 0.3) is 6.08 Å². The smallest absolute Gasteiger partial charge is 0.331 e. The van der Waals surface area contributed by atoms with Crippen LogP contribution in [0.5, 0.6) is 0 Å².